The fourth-order valence-corrected chi connectivity index (χ4v) is 1.76. The van der Waals surface area contributed by atoms with Crippen LogP contribution in [0.3, 0.4) is 0 Å². The fraction of sp³-hybridized carbons (Fsp3) is 0.875. The van der Waals surface area contributed by atoms with Crippen LogP contribution in [0.5, 0.6) is 0 Å². The first-order chi connectivity index (χ1) is 5.11. The summed E-state index contributed by atoms with van der Waals surface area (Å²) in [6, 6.07) is 0. The predicted molar refractivity (Wildman–Crippen MR) is 54.5 cm³/mol. The molecule has 0 N–H and O–H groups in total. The molecule has 0 aliphatic carbocycles. The van der Waals surface area contributed by atoms with Crippen LogP contribution >= 0.6 is 12.2 Å². The van der Waals surface area contributed by atoms with Crippen LogP contribution in [0.4, 0.5) is 0 Å². The number of hydrogen-bond donors (Lipinski definition) is 0. The molecule has 0 saturated carbocycles. The topological polar surface area (TPSA) is 3.24 Å². The van der Waals surface area contributed by atoms with E-state index in [1.807, 2.05) is 0 Å². The van der Waals surface area contributed by atoms with E-state index in [0.29, 0.717) is 4.32 Å². The molecule has 0 bridgehead atoms. The molecule has 0 aromatic heterocycles. The van der Waals surface area contributed by atoms with Gasteiger partial charge in [0.05, 0.1) is 0 Å². The molecule has 2 atom stereocenters. The van der Waals surface area contributed by atoms with Crippen molar-refractivity contribution in [1.29, 1.82) is 0 Å². The molecule has 64 valence electrons. The molecule has 1 fully saturated rings. The molecule has 0 radical (unpaired) electrons. The fourth-order valence-electron chi connectivity index (χ4n) is 1.43. The van der Waals surface area contributed by atoms with Crippen molar-refractivity contribution < 1.29 is 29.6 Å². The summed E-state index contributed by atoms with van der Waals surface area (Å²) in [5, 5.41) is 0. The Labute approximate surface area is 108 Å². The van der Waals surface area contributed by atoms with Crippen LogP contribution in [0.1, 0.15) is 20.3 Å². The third-order valence-corrected chi connectivity index (χ3v) is 3.11. The molecule has 0 spiro atoms. The van der Waals surface area contributed by atoms with Crippen molar-refractivity contribution >= 4 is 29.2 Å². The number of hydrogen-bond acceptors (Lipinski definition) is 2. The maximum atomic E-state index is 4.95. The second-order valence-electron chi connectivity index (χ2n) is 3.46. The average molecular weight is 211 g/mol. The number of piperidine rings is 1. The van der Waals surface area contributed by atoms with Crippen molar-refractivity contribution in [2.45, 2.75) is 20.3 Å². The van der Waals surface area contributed by atoms with E-state index in [2.05, 4.69) is 18.7 Å². The Morgan fingerprint density at radius 2 is 2.00 bits per heavy atom. The summed E-state index contributed by atoms with van der Waals surface area (Å²) in [5.74, 6) is 1.57. The third kappa shape index (κ3) is 3.46. The monoisotopic (exact) mass is 211 g/mol. The first kappa shape index (κ1) is 13.1. The number of nitrogens with zero attached hydrogens (tertiary/aromatic N) is 1. The van der Waals surface area contributed by atoms with E-state index in [0.717, 1.165) is 24.9 Å². The van der Waals surface area contributed by atoms with Gasteiger partial charge in [0.15, 0.2) is 0 Å². The van der Waals surface area contributed by atoms with Crippen LogP contribution < -0.4 is 29.6 Å². The summed E-state index contributed by atoms with van der Waals surface area (Å²) < 4.78 is 0.642. The maximum Gasteiger partial charge on any atom is 1.00 e. The Balaban J connectivity index is 0.00000121. The van der Waals surface area contributed by atoms with E-state index in [1.54, 1.807) is 0 Å². The number of likely N-dealkylation sites (tertiary alicyclic amines) is 1. The first-order valence-electron chi connectivity index (χ1n) is 4.07. The van der Waals surface area contributed by atoms with Gasteiger partial charge in [-0.3, -0.25) is 0 Å². The summed E-state index contributed by atoms with van der Waals surface area (Å²) >= 11 is 9.90. The largest absolute Gasteiger partial charge is 1.00 e. The van der Waals surface area contributed by atoms with E-state index in [4.69, 9.17) is 24.8 Å². The minimum absolute atomic E-state index is 0. The minimum atomic E-state index is 0. The van der Waals surface area contributed by atoms with Gasteiger partial charge in [0.25, 0.3) is 0 Å². The van der Waals surface area contributed by atoms with Gasteiger partial charge in [0, 0.05) is 13.1 Å². The van der Waals surface area contributed by atoms with Crippen LogP contribution in [0.2, 0.25) is 0 Å². The second-order valence-corrected chi connectivity index (χ2v) is 4.49. The van der Waals surface area contributed by atoms with Gasteiger partial charge in [-0.15, -0.1) is 0 Å². The van der Waals surface area contributed by atoms with Crippen molar-refractivity contribution in [1.82, 2.24) is 4.90 Å². The van der Waals surface area contributed by atoms with Crippen LogP contribution in [0.15, 0.2) is 0 Å². The molecule has 0 aromatic rings. The van der Waals surface area contributed by atoms with Crippen molar-refractivity contribution in [3.05, 3.63) is 0 Å². The second kappa shape index (κ2) is 5.76. The van der Waals surface area contributed by atoms with Gasteiger partial charge in [-0.25, -0.2) is 0 Å². The van der Waals surface area contributed by atoms with Crippen molar-refractivity contribution in [3.63, 3.8) is 0 Å². The quantitative estimate of drug-likeness (QED) is 0.281. The van der Waals surface area contributed by atoms with Crippen LogP contribution in [0.25, 0.3) is 0 Å². The summed E-state index contributed by atoms with van der Waals surface area (Å²) in [7, 11) is 0. The van der Waals surface area contributed by atoms with Crippen molar-refractivity contribution in [3.8, 4) is 0 Å². The van der Waals surface area contributed by atoms with Gasteiger partial charge in [-0.1, -0.05) is 18.2 Å². The van der Waals surface area contributed by atoms with Gasteiger partial charge in [-0.2, -0.15) is 0 Å². The van der Waals surface area contributed by atoms with Gasteiger partial charge in [0.2, 0.25) is 0 Å². The SMILES string of the molecule is CC1CCN(C(=S)[S-])CC1C.[Na+]. The van der Waals surface area contributed by atoms with E-state index in [9.17, 15) is 0 Å². The molecular weight excluding hydrogens is 197 g/mol. The van der Waals surface area contributed by atoms with Gasteiger partial charge >= 0.3 is 29.6 Å². The molecule has 1 heterocycles. The molecule has 0 aromatic carbocycles. The Bertz CT molecular complexity index is 163. The Hall–Kier alpha value is 1.11. The van der Waals surface area contributed by atoms with Crippen molar-refractivity contribution in [2.24, 2.45) is 11.8 Å². The van der Waals surface area contributed by atoms with Crippen LogP contribution in [-0.2, 0) is 12.6 Å². The minimum Gasteiger partial charge on any atom is -0.411 e. The molecular formula is C8H14NNaS2. The standard InChI is InChI=1S/C8H15NS2.Na/c1-6-3-4-9(8(10)11)5-7(6)2;/h6-7H,3-5H2,1-2H3,(H,10,11);/q;+1/p-1. The van der Waals surface area contributed by atoms with Crippen LogP contribution in [-0.4, -0.2) is 22.3 Å². The summed E-state index contributed by atoms with van der Waals surface area (Å²) in [5.41, 5.74) is 0. The predicted octanol–water partition coefficient (Wildman–Crippen LogP) is -1.20. The number of thiocarbonyl (C=S) groups is 1. The zero-order valence-corrected chi connectivity index (χ0v) is 11.7. The Kier molecular flexibility index (Phi) is 6.29. The average Bonchev–Trinajstić information content (AvgIpc) is 1.94. The smallest absolute Gasteiger partial charge is 0.411 e. The molecule has 12 heavy (non-hydrogen) atoms. The van der Waals surface area contributed by atoms with Crippen molar-refractivity contribution in [2.75, 3.05) is 13.1 Å². The molecule has 2 unspecified atom stereocenters. The molecule has 1 nitrogen and oxygen atoms in total. The summed E-state index contributed by atoms with van der Waals surface area (Å²) in [6.07, 6.45) is 1.23. The summed E-state index contributed by atoms with van der Waals surface area (Å²) in [6.45, 7) is 6.69. The normalized spacial score (nSPS) is 29.3. The molecule has 1 rings (SSSR count). The van der Waals surface area contributed by atoms with Gasteiger partial charge < -0.3 is 29.7 Å². The molecule has 0 amide bonds. The zero-order valence-electron chi connectivity index (χ0n) is 8.04. The molecule has 4 heteroatoms. The van der Waals surface area contributed by atoms with E-state index in [1.165, 1.54) is 6.42 Å². The van der Waals surface area contributed by atoms with Crippen LogP contribution in [0, 0.1) is 11.8 Å². The maximum absolute atomic E-state index is 4.95. The van der Waals surface area contributed by atoms with E-state index in [-0.39, 0.29) is 29.6 Å². The van der Waals surface area contributed by atoms with E-state index < -0.39 is 0 Å². The molecule has 1 aliphatic rings. The molecule has 1 saturated heterocycles. The number of rotatable bonds is 0. The Morgan fingerprint density at radius 1 is 1.42 bits per heavy atom. The first-order valence-corrected chi connectivity index (χ1v) is 4.89. The Morgan fingerprint density at radius 3 is 2.42 bits per heavy atom. The van der Waals surface area contributed by atoms with E-state index >= 15 is 0 Å². The zero-order chi connectivity index (χ0) is 8.43. The van der Waals surface area contributed by atoms with Gasteiger partial charge in [0.1, 0.15) is 0 Å². The summed E-state index contributed by atoms with van der Waals surface area (Å²) in [4.78, 5) is 2.13. The van der Waals surface area contributed by atoms with Gasteiger partial charge in [-0.05, 0) is 18.3 Å². The third-order valence-electron chi connectivity index (χ3n) is 2.59. The molecule has 1 aliphatic heterocycles.